The quantitative estimate of drug-likeness (QED) is 0.681. The molecule has 1 aliphatic carbocycles. The van der Waals surface area contributed by atoms with Crippen molar-refractivity contribution in [2.45, 2.75) is 10.9 Å². The van der Waals surface area contributed by atoms with Crippen LogP contribution in [0.1, 0.15) is 11.5 Å². The first-order valence-corrected chi connectivity index (χ1v) is 6.14. The van der Waals surface area contributed by atoms with Crippen LogP contribution in [-0.2, 0) is 0 Å². The van der Waals surface area contributed by atoms with Gasteiger partial charge in [0, 0.05) is 5.92 Å². The third-order valence-corrected chi connectivity index (χ3v) is 3.46. The zero-order chi connectivity index (χ0) is 10.7. The molecule has 0 unspecified atom stereocenters. The fraction of sp³-hybridized carbons (Fsp3) is 0.231. The molecule has 0 fully saturated rings. The van der Waals surface area contributed by atoms with Gasteiger partial charge in [-0.1, -0.05) is 42.5 Å². The Kier molecular flexibility index (Phi) is 2.96. The molecular formula is C13H13FS. The third kappa shape index (κ3) is 2.32. The summed E-state index contributed by atoms with van der Waals surface area (Å²) in [4.78, 5) is 0. The molecule has 2 rings (SSSR count). The van der Waals surface area contributed by atoms with Crippen molar-refractivity contribution in [1.82, 2.24) is 0 Å². The Hall–Kier alpha value is -1.02. The summed E-state index contributed by atoms with van der Waals surface area (Å²) in [5.41, 5.74) is 1.20. The van der Waals surface area contributed by atoms with E-state index in [-0.39, 0.29) is 5.92 Å². The summed E-state index contributed by atoms with van der Waals surface area (Å²) in [7, 11) is 0. The van der Waals surface area contributed by atoms with Gasteiger partial charge < -0.3 is 0 Å². The molecule has 1 aromatic carbocycles. The highest BCUT2D eigenvalue weighted by Crippen LogP contribution is 2.34. The SMILES string of the molecule is CSC1(F)C=CC(c2ccccc2)C=C1. The Labute approximate surface area is 93.9 Å². The molecule has 1 aromatic rings. The molecule has 0 radical (unpaired) electrons. The van der Waals surface area contributed by atoms with E-state index in [0.717, 1.165) is 0 Å². The molecule has 1 aliphatic rings. The highest BCUT2D eigenvalue weighted by molar-refractivity contribution is 8.00. The van der Waals surface area contributed by atoms with E-state index in [1.54, 1.807) is 18.4 Å². The van der Waals surface area contributed by atoms with Gasteiger partial charge in [-0.15, -0.1) is 11.8 Å². The molecule has 15 heavy (non-hydrogen) atoms. The average Bonchev–Trinajstić information content (AvgIpc) is 2.31. The van der Waals surface area contributed by atoms with Crippen molar-refractivity contribution < 1.29 is 4.39 Å². The Morgan fingerprint density at radius 3 is 2.27 bits per heavy atom. The second-order valence-electron chi connectivity index (χ2n) is 3.56. The topological polar surface area (TPSA) is 0 Å². The van der Waals surface area contributed by atoms with Gasteiger partial charge >= 0.3 is 0 Å². The van der Waals surface area contributed by atoms with E-state index >= 15 is 0 Å². The number of thioether (sulfide) groups is 1. The van der Waals surface area contributed by atoms with Crippen molar-refractivity contribution in [3.8, 4) is 0 Å². The predicted octanol–water partition coefficient (Wildman–Crippen LogP) is 3.93. The zero-order valence-electron chi connectivity index (χ0n) is 8.56. The summed E-state index contributed by atoms with van der Waals surface area (Å²) in [6.45, 7) is 0. The lowest BCUT2D eigenvalue weighted by Crippen LogP contribution is -2.14. The van der Waals surface area contributed by atoms with E-state index in [1.165, 1.54) is 17.3 Å². The van der Waals surface area contributed by atoms with Gasteiger partial charge in [0.25, 0.3) is 0 Å². The molecule has 0 heterocycles. The Morgan fingerprint density at radius 1 is 1.13 bits per heavy atom. The summed E-state index contributed by atoms with van der Waals surface area (Å²) < 4.78 is 13.8. The molecule has 0 aromatic heterocycles. The van der Waals surface area contributed by atoms with Gasteiger partial charge in [-0.3, -0.25) is 0 Å². The fourth-order valence-electron chi connectivity index (χ4n) is 1.62. The highest BCUT2D eigenvalue weighted by Gasteiger charge is 2.24. The van der Waals surface area contributed by atoms with Crippen LogP contribution < -0.4 is 0 Å². The van der Waals surface area contributed by atoms with E-state index in [1.807, 2.05) is 30.4 Å². The number of hydrogen-bond donors (Lipinski definition) is 0. The Morgan fingerprint density at radius 2 is 1.73 bits per heavy atom. The van der Waals surface area contributed by atoms with E-state index in [2.05, 4.69) is 12.1 Å². The first-order chi connectivity index (χ1) is 7.23. The maximum absolute atomic E-state index is 13.8. The molecule has 0 amide bonds. The van der Waals surface area contributed by atoms with Crippen LogP contribution in [0, 0.1) is 0 Å². The largest absolute Gasteiger partial charge is 0.223 e. The smallest absolute Gasteiger partial charge is 0.192 e. The van der Waals surface area contributed by atoms with Crippen molar-refractivity contribution in [1.29, 1.82) is 0 Å². The van der Waals surface area contributed by atoms with Crippen LogP contribution in [0.25, 0.3) is 0 Å². The molecule has 0 nitrogen and oxygen atoms in total. The van der Waals surface area contributed by atoms with Crippen molar-refractivity contribution >= 4 is 11.8 Å². The molecule has 0 aliphatic heterocycles. The molecule has 0 atom stereocenters. The number of alkyl halides is 1. The third-order valence-electron chi connectivity index (χ3n) is 2.56. The second kappa shape index (κ2) is 4.23. The predicted molar refractivity (Wildman–Crippen MR) is 64.8 cm³/mol. The van der Waals surface area contributed by atoms with E-state index in [0.29, 0.717) is 0 Å². The summed E-state index contributed by atoms with van der Waals surface area (Å²) in [5, 5.41) is -1.31. The van der Waals surface area contributed by atoms with Gasteiger partial charge in [-0.05, 0) is 24.0 Å². The Balaban J connectivity index is 2.18. The minimum absolute atomic E-state index is 0.210. The van der Waals surface area contributed by atoms with Crippen LogP contribution in [-0.4, -0.2) is 11.3 Å². The van der Waals surface area contributed by atoms with Crippen LogP contribution >= 0.6 is 11.8 Å². The van der Waals surface area contributed by atoms with Crippen LogP contribution in [0.3, 0.4) is 0 Å². The lowest BCUT2D eigenvalue weighted by molar-refractivity contribution is 0.422. The number of benzene rings is 1. The molecule has 0 N–H and O–H groups in total. The summed E-state index contributed by atoms with van der Waals surface area (Å²) in [6, 6.07) is 10.1. The molecule has 0 saturated heterocycles. The molecule has 78 valence electrons. The Bertz CT molecular complexity index is 367. The summed E-state index contributed by atoms with van der Waals surface area (Å²) in [6.07, 6.45) is 8.89. The lowest BCUT2D eigenvalue weighted by atomic mass is 9.94. The maximum Gasteiger partial charge on any atom is 0.192 e. The van der Waals surface area contributed by atoms with E-state index < -0.39 is 5.00 Å². The normalized spacial score (nSPS) is 29.3. The van der Waals surface area contributed by atoms with Gasteiger partial charge in [0.05, 0.1) is 0 Å². The number of hydrogen-bond acceptors (Lipinski definition) is 1. The van der Waals surface area contributed by atoms with Crippen LogP contribution in [0.5, 0.6) is 0 Å². The van der Waals surface area contributed by atoms with Gasteiger partial charge in [0.1, 0.15) is 0 Å². The number of halogens is 1. The maximum atomic E-state index is 13.8. The minimum Gasteiger partial charge on any atom is -0.223 e. The van der Waals surface area contributed by atoms with Crippen LogP contribution in [0.4, 0.5) is 4.39 Å². The molecule has 0 spiro atoms. The minimum atomic E-state index is -1.31. The first kappa shape index (κ1) is 10.5. The first-order valence-electron chi connectivity index (χ1n) is 4.91. The van der Waals surface area contributed by atoms with Gasteiger partial charge in [-0.2, -0.15) is 0 Å². The number of allylic oxidation sites excluding steroid dienone is 2. The molecule has 2 heteroatoms. The molecule has 0 bridgehead atoms. The zero-order valence-corrected chi connectivity index (χ0v) is 9.38. The average molecular weight is 220 g/mol. The van der Waals surface area contributed by atoms with E-state index in [4.69, 9.17) is 0 Å². The summed E-state index contributed by atoms with van der Waals surface area (Å²) >= 11 is 1.21. The van der Waals surface area contributed by atoms with Crippen molar-refractivity contribution in [3.63, 3.8) is 0 Å². The molecule has 0 saturated carbocycles. The van der Waals surface area contributed by atoms with Crippen molar-refractivity contribution in [2.24, 2.45) is 0 Å². The standard InChI is InChI=1S/C13H13FS/c1-15-13(14)9-7-12(8-10-13)11-5-3-2-4-6-11/h2-10,12H,1H3. The number of rotatable bonds is 2. The summed E-state index contributed by atoms with van der Waals surface area (Å²) in [5.74, 6) is 0.210. The van der Waals surface area contributed by atoms with Gasteiger partial charge in [-0.25, -0.2) is 4.39 Å². The molecular weight excluding hydrogens is 207 g/mol. The van der Waals surface area contributed by atoms with Crippen LogP contribution in [0.2, 0.25) is 0 Å². The lowest BCUT2D eigenvalue weighted by Gasteiger charge is -2.21. The monoisotopic (exact) mass is 220 g/mol. The van der Waals surface area contributed by atoms with E-state index in [9.17, 15) is 4.39 Å². The van der Waals surface area contributed by atoms with Crippen molar-refractivity contribution in [3.05, 3.63) is 60.2 Å². The van der Waals surface area contributed by atoms with Crippen LogP contribution in [0.15, 0.2) is 54.6 Å². The highest BCUT2D eigenvalue weighted by atomic mass is 32.2. The van der Waals surface area contributed by atoms with Gasteiger partial charge in [0.2, 0.25) is 0 Å². The second-order valence-corrected chi connectivity index (χ2v) is 4.59. The van der Waals surface area contributed by atoms with Gasteiger partial charge in [0.15, 0.2) is 5.00 Å². The fourth-order valence-corrected chi connectivity index (χ4v) is 2.05. The van der Waals surface area contributed by atoms with Crippen molar-refractivity contribution in [2.75, 3.05) is 6.26 Å².